The average Bonchev–Trinajstić information content (AvgIpc) is 3.02. The number of carbonyl (C=O) groups is 1. The third-order valence-corrected chi connectivity index (χ3v) is 5.12. The Bertz CT molecular complexity index is 573. The first-order chi connectivity index (χ1) is 11.1. The molecule has 4 rings (SSSR count). The van der Waals surface area contributed by atoms with E-state index in [4.69, 9.17) is 5.11 Å². The van der Waals surface area contributed by atoms with Crippen molar-refractivity contribution in [1.29, 1.82) is 0 Å². The number of carbonyl (C=O) groups excluding carboxylic acids is 1. The van der Waals surface area contributed by atoms with Crippen molar-refractivity contribution in [2.24, 2.45) is 11.8 Å². The molecule has 1 amide bonds. The SMILES string of the molecule is C=CCN(C)C(=O)[C@@H]1CN2CC[C@H]1C[C@@H]2Cn1cc(CO)nn1. The first kappa shape index (κ1) is 16.1. The number of aromatic nitrogens is 3. The van der Waals surface area contributed by atoms with E-state index in [1.807, 2.05) is 7.05 Å². The molecular formula is C16H25N5O2. The molecule has 1 unspecified atom stereocenters. The predicted molar refractivity (Wildman–Crippen MR) is 85.4 cm³/mol. The summed E-state index contributed by atoms with van der Waals surface area (Å²) >= 11 is 0. The molecule has 1 N–H and O–H groups in total. The number of hydrogen-bond donors (Lipinski definition) is 1. The van der Waals surface area contributed by atoms with Gasteiger partial charge in [-0.05, 0) is 25.3 Å². The molecule has 3 saturated heterocycles. The van der Waals surface area contributed by atoms with Crippen LogP contribution in [0.3, 0.4) is 0 Å². The molecule has 3 aliphatic heterocycles. The lowest BCUT2D eigenvalue weighted by Crippen LogP contribution is -2.58. The molecule has 126 valence electrons. The molecule has 0 spiro atoms. The zero-order valence-electron chi connectivity index (χ0n) is 13.6. The van der Waals surface area contributed by atoms with Gasteiger partial charge < -0.3 is 10.0 Å². The predicted octanol–water partition coefficient (Wildman–Crippen LogP) is 0.125. The van der Waals surface area contributed by atoms with E-state index in [0.29, 0.717) is 24.2 Å². The Hall–Kier alpha value is -1.73. The highest BCUT2D eigenvalue weighted by Crippen LogP contribution is 2.37. The van der Waals surface area contributed by atoms with E-state index in [-0.39, 0.29) is 18.4 Å². The second kappa shape index (κ2) is 6.80. The smallest absolute Gasteiger partial charge is 0.227 e. The van der Waals surface area contributed by atoms with Crippen LogP contribution in [0.5, 0.6) is 0 Å². The summed E-state index contributed by atoms with van der Waals surface area (Å²) < 4.78 is 1.80. The van der Waals surface area contributed by atoms with E-state index in [1.54, 1.807) is 21.9 Å². The topological polar surface area (TPSA) is 74.5 Å². The number of amides is 1. The first-order valence-corrected chi connectivity index (χ1v) is 8.22. The zero-order valence-corrected chi connectivity index (χ0v) is 13.6. The van der Waals surface area contributed by atoms with E-state index in [1.165, 1.54) is 0 Å². The van der Waals surface area contributed by atoms with Crippen LogP contribution >= 0.6 is 0 Å². The minimum atomic E-state index is -0.0801. The number of likely N-dealkylation sites (N-methyl/N-ethyl adjacent to an activating group) is 1. The Morgan fingerprint density at radius 2 is 2.43 bits per heavy atom. The molecule has 0 aliphatic carbocycles. The van der Waals surface area contributed by atoms with E-state index in [2.05, 4.69) is 21.8 Å². The van der Waals surface area contributed by atoms with Crippen LogP contribution in [0.2, 0.25) is 0 Å². The van der Waals surface area contributed by atoms with E-state index < -0.39 is 0 Å². The lowest BCUT2D eigenvalue weighted by Gasteiger charge is -2.49. The van der Waals surface area contributed by atoms with Crippen LogP contribution in [0, 0.1) is 11.8 Å². The number of rotatable bonds is 6. The van der Waals surface area contributed by atoms with Crippen LogP contribution in [0.15, 0.2) is 18.9 Å². The fraction of sp³-hybridized carbons (Fsp3) is 0.688. The fourth-order valence-electron chi connectivity index (χ4n) is 3.89. The summed E-state index contributed by atoms with van der Waals surface area (Å²) in [5, 5.41) is 17.1. The molecule has 7 heteroatoms. The van der Waals surface area contributed by atoms with Crippen molar-refractivity contribution in [3.8, 4) is 0 Å². The van der Waals surface area contributed by atoms with Gasteiger partial charge in [0.05, 0.1) is 25.3 Å². The summed E-state index contributed by atoms with van der Waals surface area (Å²) in [6.07, 6.45) is 5.68. The Balaban J connectivity index is 1.62. The van der Waals surface area contributed by atoms with Gasteiger partial charge in [0.2, 0.25) is 5.91 Å². The Labute approximate surface area is 136 Å². The molecular weight excluding hydrogens is 294 g/mol. The lowest BCUT2D eigenvalue weighted by atomic mass is 9.75. The van der Waals surface area contributed by atoms with Gasteiger partial charge in [-0.15, -0.1) is 11.7 Å². The number of fused-ring (bicyclic) bond motifs is 3. The van der Waals surface area contributed by atoms with Gasteiger partial charge in [-0.2, -0.15) is 0 Å². The van der Waals surface area contributed by atoms with Gasteiger partial charge in [-0.1, -0.05) is 11.3 Å². The van der Waals surface area contributed by atoms with Crippen LogP contribution in [-0.2, 0) is 17.9 Å². The highest BCUT2D eigenvalue weighted by molar-refractivity contribution is 5.79. The molecule has 1 aromatic heterocycles. The molecule has 0 saturated carbocycles. The minimum Gasteiger partial charge on any atom is -0.390 e. The van der Waals surface area contributed by atoms with Crippen molar-refractivity contribution in [3.63, 3.8) is 0 Å². The van der Waals surface area contributed by atoms with Crippen molar-refractivity contribution in [2.45, 2.75) is 32.0 Å². The van der Waals surface area contributed by atoms with Crippen molar-refractivity contribution in [2.75, 3.05) is 26.7 Å². The molecule has 4 heterocycles. The van der Waals surface area contributed by atoms with E-state index in [9.17, 15) is 4.79 Å². The van der Waals surface area contributed by atoms with Gasteiger partial charge in [0.1, 0.15) is 5.69 Å². The maximum Gasteiger partial charge on any atom is 0.227 e. The number of piperidine rings is 3. The second-order valence-corrected chi connectivity index (χ2v) is 6.64. The highest BCUT2D eigenvalue weighted by atomic mass is 16.3. The normalized spacial score (nSPS) is 29.5. The van der Waals surface area contributed by atoms with Crippen LogP contribution in [-0.4, -0.2) is 68.5 Å². The lowest BCUT2D eigenvalue weighted by molar-refractivity contribution is -0.142. The van der Waals surface area contributed by atoms with E-state index >= 15 is 0 Å². The maximum absolute atomic E-state index is 12.6. The summed E-state index contributed by atoms with van der Waals surface area (Å²) in [5.74, 6) is 0.792. The average molecular weight is 319 g/mol. The van der Waals surface area contributed by atoms with Crippen molar-refractivity contribution in [1.82, 2.24) is 24.8 Å². The van der Waals surface area contributed by atoms with Gasteiger partial charge in [-0.25, -0.2) is 0 Å². The molecule has 23 heavy (non-hydrogen) atoms. The monoisotopic (exact) mass is 319 g/mol. The number of nitrogens with zero attached hydrogens (tertiary/aromatic N) is 5. The third-order valence-electron chi connectivity index (χ3n) is 5.12. The van der Waals surface area contributed by atoms with Crippen LogP contribution < -0.4 is 0 Å². The van der Waals surface area contributed by atoms with Gasteiger partial charge in [0.25, 0.3) is 0 Å². The molecule has 4 atom stereocenters. The number of aliphatic hydroxyl groups excluding tert-OH is 1. The summed E-state index contributed by atoms with van der Waals surface area (Å²) in [6, 6.07) is 0.399. The Morgan fingerprint density at radius 1 is 1.61 bits per heavy atom. The minimum absolute atomic E-state index is 0.0801. The standard InChI is InChI=1S/C16H25N5O2/c1-3-5-19(2)16(23)15-10-20-6-4-12(15)7-14(20)9-21-8-13(11-22)17-18-21/h3,8,12,14-15,22H,1,4-7,9-11H2,2H3/t12-,14+,15+/m0/s1. The van der Waals surface area contributed by atoms with Crippen molar-refractivity contribution < 1.29 is 9.90 Å². The van der Waals surface area contributed by atoms with Crippen LogP contribution in [0.4, 0.5) is 0 Å². The van der Waals surface area contributed by atoms with Crippen molar-refractivity contribution >= 4 is 5.91 Å². The zero-order chi connectivity index (χ0) is 16.4. The Morgan fingerprint density at radius 3 is 3.04 bits per heavy atom. The Kier molecular flexibility index (Phi) is 4.77. The van der Waals surface area contributed by atoms with Crippen LogP contribution in [0.25, 0.3) is 0 Å². The second-order valence-electron chi connectivity index (χ2n) is 6.64. The quantitative estimate of drug-likeness (QED) is 0.754. The molecule has 7 nitrogen and oxygen atoms in total. The van der Waals surface area contributed by atoms with Gasteiger partial charge in [0, 0.05) is 26.2 Å². The summed E-state index contributed by atoms with van der Waals surface area (Å²) in [5.41, 5.74) is 0.597. The number of aliphatic hydroxyl groups is 1. The largest absolute Gasteiger partial charge is 0.390 e. The van der Waals surface area contributed by atoms with Crippen molar-refractivity contribution in [3.05, 3.63) is 24.5 Å². The molecule has 0 radical (unpaired) electrons. The maximum atomic E-state index is 12.6. The fourth-order valence-corrected chi connectivity index (χ4v) is 3.89. The van der Waals surface area contributed by atoms with Gasteiger partial charge in [0.15, 0.2) is 0 Å². The highest BCUT2D eigenvalue weighted by Gasteiger charge is 2.43. The first-order valence-electron chi connectivity index (χ1n) is 8.22. The van der Waals surface area contributed by atoms with Gasteiger partial charge >= 0.3 is 0 Å². The molecule has 3 aliphatic rings. The number of hydrogen-bond acceptors (Lipinski definition) is 5. The molecule has 2 bridgehead atoms. The van der Waals surface area contributed by atoms with E-state index in [0.717, 1.165) is 32.5 Å². The van der Waals surface area contributed by atoms with Gasteiger partial charge in [-0.3, -0.25) is 14.4 Å². The summed E-state index contributed by atoms with van der Waals surface area (Å²) in [4.78, 5) is 16.8. The third kappa shape index (κ3) is 3.30. The molecule has 1 aromatic rings. The molecule has 0 aromatic carbocycles. The summed E-state index contributed by atoms with van der Waals surface area (Å²) in [7, 11) is 1.85. The van der Waals surface area contributed by atoms with Crippen LogP contribution in [0.1, 0.15) is 18.5 Å². The summed E-state index contributed by atoms with van der Waals surface area (Å²) in [6.45, 7) is 6.88. The molecule has 3 fully saturated rings.